The number of hydrogen-bond acceptors (Lipinski definition) is 4. The first-order valence-electron chi connectivity index (χ1n) is 5.63. The van der Waals surface area contributed by atoms with E-state index in [9.17, 15) is 10.2 Å². The summed E-state index contributed by atoms with van der Waals surface area (Å²) in [5, 5.41) is 27.5. The van der Waals surface area contributed by atoms with Gasteiger partial charge in [0.2, 0.25) is 0 Å². The molecule has 92 valence electrons. The van der Waals surface area contributed by atoms with E-state index in [4.69, 9.17) is 5.73 Å². The van der Waals surface area contributed by atoms with Crippen molar-refractivity contribution in [3.05, 3.63) is 29.5 Å². The number of nitrogens with one attached hydrogen (secondary N) is 1. The van der Waals surface area contributed by atoms with Crippen LogP contribution in [-0.4, -0.2) is 33.1 Å². The minimum atomic E-state index is -0.905. The first kappa shape index (κ1) is 12.0. The third-order valence-electron chi connectivity index (χ3n) is 2.97. The van der Waals surface area contributed by atoms with Crippen molar-refractivity contribution in [1.82, 2.24) is 10.2 Å². The zero-order valence-corrected chi connectivity index (χ0v) is 9.72. The molecule has 0 amide bonds. The monoisotopic (exact) mass is 235 g/mol. The van der Waals surface area contributed by atoms with Gasteiger partial charge in [0, 0.05) is 5.39 Å². The van der Waals surface area contributed by atoms with E-state index in [0.717, 1.165) is 22.0 Å². The molecule has 2 atom stereocenters. The maximum atomic E-state index is 10.1. The van der Waals surface area contributed by atoms with Gasteiger partial charge in [0.15, 0.2) is 0 Å². The number of aliphatic hydroxyl groups is 2. The van der Waals surface area contributed by atoms with Crippen LogP contribution < -0.4 is 5.73 Å². The molecule has 1 heterocycles. The Labute approximate surface area is 99.3 Å². The van der Waals surface area contributed by atoms with Crippen LogP contribution in [-0.2, 0) is 0 Å². The summed E-state index contributed by atoms with van der Waals surface area (Å²) in [4.78, 5) is 0. The van der Waals surface area contributed by atoms with E-state index in [2.05, 4.69) is 10.2 Å². The Hall–Kier alpha value is -1.43. The Balaban J connectivity index is 2.36. The largest absolute Gasteiger partial charge is 0.390 e. The van der Waals surface area contributed by atoms with E-state index in [0.29, 0.717) is 13.0 Å². The van der Waals surface area contributed by atoms with Crippen molar-refractivity contribution in [2.45, 2.75) is 25.6 Å². The molecule has 1 aromatic heterocycles. The number of aromatic amines is 1. The quantitative estimate of drug-likeness (QED) is 0.624. The SMILES string of the molecule is Cc1cc2[nH]ncc2cc1C(O)C(O)CCN. The normalized spacial score (nSPS) is 15.1. The number of hydrogen-bond donors (Lipinski definition) is 4. The summed E-state index contributed by atoms with van der Waals surface area (Å²) >= 11 is 0. The van der Waals surface area contributed by atoms with Crippen LogP contribution in [0, 0.1) is 6.92 Å². The van der Waals surface area contributed by atoms with Crippen LogP contribution in [0.5, 0.6) is 0 Å². The van der Waals surface area contributed by atoms with E-state index in [1.807, 2.05) is 19.1 Å². The van der Waals surface area contributed by atoms with Crippen molar-refractivity contribution in [1.29, 1.82) is 0 Å². The van der Waals surface area contributed by atoms with Gasteiger partial charge >= 0.3 is 0 Å². The van der Waals surface area contributed by atoms with Crippen LogP contribution in [0.4, 0.5) is 0 Å². The summed E-state index contributed by atoms with van der Waals surface area (Å²) < 4.78 is 0. The average molecular weight is 235 g/mol. The van der Waals surface area contributed by atoms with Gasteiger partial charge < -0.3 is 15.9 Å². The Kier molecular flexibility index (Phi) is 3.42. The van der Waals surface area contributed by atoms with Gasteiger partial charge in [0.1, 0.15) is 6.10 Å². The number of aliphatic hydroxyl groups excluding tert-OH is 2. The number of nitrogens with zero attached hydrogens (tertiary/aromatic N) is 1. The topological polar surface area (TPSA) is 95.2 Å². The molecule has 2 rings (SSSR count). The Morgan fingerprint density at radius 2 is 2.18 bits per heavy atom. The molecule has 0 aliphatic rings. The Bertz CT molecular complexity index is 509. The molecular weight excluding hydrogens is 218 g/mol. The second kappa shape index (κ2) is 4.83. The van der Waals surface area contributed by atoms with Crippen molar-refractivity contribution < 1.29 is 10.2 Å². The number of fused-ring (bicyclic) bond motifs is 1. The first-order chi connectivity index (χ1) is 8.13. The fourth-order valence-corrected chi connectivity index (χ4v) is 1.97. The van der Waals surface area contributed by atoms with Crippen molar-refractivity contribution in [3.63, 3.8) is 0 Å². The average Bonchev–Trinajstić information content (AvgIpc) is 2.74. The van der Waals surface area contributed by atoms with Crippen LogP contribution in [0.25, 0.3) is 10.9 Å². The van der Waals surface area contributed by atoms with E-state index in [1.54, 1.807) is 6.20 Å². The molecule has 17 heavy (non-hydrogen) atoms. The fourth-order valence-electron chi connectivity index (χ4n) is 1.97. The molecule has 0 radical (unpaired) electrons. The first-order valence-corrected chi connectivity index (χ1v) is 5.63. The number of aromatic nitrogens is 2. The number of aryl methyl sites for hydroxylation is 1. The molecule has 2 aromatic rings. The number of benzene rings is 1. The van der Waals surface area contributed by atoms with E-state index in [-0.39, 0.29) is 0 Å². The van der Waals surface area contributed by atoms with Gasteiger partial charge in [-0.3, -0.25) is 5.10 Å². The summed E-state index contributed by atoms with van der Waals surface area (Å²) in [5.74, 6) is 0. The van der Waals surface area contributed by atoms with Gasteiger partial charge in [-0.1, -0.05) is 0 Å². The molecule has 0 spiro atoms. The number of H-pyrrole nitrogens is 1. The van der Waals surface area contributed by atoms with Crippen molar-refractivity contribution >= 4 is 10.9 Å². The number of nitrogens with two attached hydrogens (primary N) is 1. The second-order valence-electron chi connectivity index (χ2n) is 4.26. The lowest BCUT2D eigenvalue weighted by atomic mass is 9.96. The minimum absolute atomic E-state index is 0.352. The van der Waals surface area contributed by atoms with Crippen molar-refractivity contribution in [3.8, 4) is 0 Å². The molecule has 5 heteroatoms. The molecule has 0 saturated carbocycles. The summed E-state index contributed by atoms with van der Waals surface area (Å²) in [6, 6.07) is 3.76. The third kappa shape index (κ3) is 2.31. The molecule has 5 N–H and O–H groups in total. The van der Waals surface area contributed by atoms with Gasteiger partial charge in [-0.15, -0.1) is 0 Å². The molecular formula is C12H17N3O2. The lowest BCUT2D eigenvalue weighted by Crippen LogP contribution is -2.22. The van der Waals surface area contributed by atoms with Gasteiger partial charge in [0.05, 0.1) is 17.8 Å². The number of rotatable bonds is 4. The van der Waals surface area contributed by atoms with E-state index in [1.165, 1.54) is 0 Å². The van der Waals surface area contributed by atoms with Gasteiger partial charge in [-0.25, -0.2) is 0 Å². The Morgan fingerprint density at radius 1 is 1.41 bits per heavy atom. The summed E-state index contributed by atoms with van der Waals surface area (Å²) in [5.41, 5.74) is 7.94. The molecule has 0 fully saturated rings. The van der Waals surface area contributed by atoms with Crippen LogP contribution in [0.2, 0.25) is 0 Å². The molecule has 0 saturated heterocycles. The summed E-state index contributed by atoms with van der Waals surface area (Å²) in [6.45, 7) is 2.25. The lowest BCUT2D eigenvalue weighted by Gasteiger charge is -2.19. The maximum Gasteiger partial charge on any atom is 0.105 e. The molecule has 0 bridgehead atoms. The van der Waals surface area contributed by atoms with E-state index < -0.39 is 12.2 Å². The van der Waals surface area contributed by atoms with Crippen molar-refractivity contribution in [2.75, 3.05) is 6.54 Å². The predicted octanol–water partition coefficient (Wildman–Crippen LogP) is 0.614. The van der Waals surface area contributed by atoms with Crippen LogP contribution in [0.3, 0.4) is 0 Å². The highest BCUT2D eigenvalue weighted by Crippen LogP contribution is 2.26. The zero-order chi connectivity index (χ0) is 12.4. The smallest absolute Gasteiger partial charge is 0.105 e. The summed E-state index contributed by atoms with van der Waals surface area (Å²) in [6.07, 6.45) is 0.338. The maximum absolute atomic E-state index is 10.1. The van der Waals surface area contributed by atoms with Crippen LogP contribution in [0.15, 0.2) is 18.3 Å². The molecule has 0 aliphatic heterocycles. The minimum Gasteiger partial charge on any atom is -0.390 e. The van der Waals surface area contributed by atoms with E-state index >= 15 is 0 Å². The molecule has 0 aliphatic carbocycles. The molecule has 1 aromatic carbocycles. The van der Waals surface area contributed by atoms with Crippen LogP contribution in [0.1, 0.15) is 23.7 Å². The van der Waals surface area contributed by atoms with Crippen LogP contribution >= 0.6 is 0 Å². The molecule has 2 unspecified atom stereocenters. The second-order valence-corrected chi connectivity index (χ2v) is 4.26. The van der Waals surface area contributed by atoms with Crippen molar-refractivity contribution in [2.24, 2.45) is 5.73 Å². The highest BCUT2D eigenvalue weighted by Gasteiger charge is 2.20. The summed E-state index contributed by atoms with van der Waals surface area (Å²) in [7, 11) is 0. The highest BCUT2D eigenvalue weighted by molar-refractivity contribution is 5.79. The Morgan fingerprint density at radius 3 is 2.88 bits per heavy atom. The predicted molar refractivity (Wildman–Crippen MR) is 65.5 cm³/mol. The fraction of sp³-hybridized carbons (Fsp3) is 0.417. The van der Waals surface area contributed by atoms with Gasteiger partial charge in [-0.2, -0.15) is 5.10 Å². The highest BCUT2D eigenvalue weighted by atomic mass is 16.3. The molecule has 5 nitrogen and oxygen atoms in total. The van der Waals surface area contributed by atoms with Gasteiger partial charge in [-0.05, 0) is 43.1 Å². The zero-order valence-electron chi connectivity index (χ0n) is 9.72. The third-order valence-corrected chi connectivity index (χ3v) is 2.97. The lowest BCUT2D eigenvalue weighted by molar-refractivity contribution is 0.0147. The standard InChI is InChI=1S/C12H17N3O2/c1-7-4-10-8(6-14-15-10)5-9(7)12(17)11(16)2-3-13/h4-6,11-12,16-17H,2-3,13H2,1H3,(H,14,15). The van der Waals surface area contributed by atoms with Gasteiger partial charge in [0.25, 0.3) is 0 Å².